The van der Waals surface area contributed by atoms with Gasteiger partial charge in [-0.3, -0.25) is 29.4 Å². The highest BCUT2D eigenvalue weighted by Crippen LogP contribution is 2.31. The maximum Gasteiger partial charge on any atom is 0.403 e. The van der Waals surface area contributed by atoms with Gasteiger partial charge >= 0.3 is 12.1 Å². The molecule has 1 saturated carbocycles. The van der Waals surface area contributed by atoms with Gasteiger partial charge in [0.2, 0.25) is 17.7 Å². The molecule has 1 heterocycles. The highest BCUT2D eigenvalue weighted by atomic mass is 19.4. The molecule has 14 heteroatoms. The molecule has 55 heavy (non-hydrogen) atoms. The second-order valence-electron chi connectivity index (χ2n) is 14.2. The highest BCUT2D eigenvalue weighted by Gasteiger charge is 2.40. The van der Waals surface area contributed by atoms with Gasteiger partial charge in [-0.1, -0.05) is 86.3 Å². The number of carbonyl (C=O) groups is 5. The summed E-state index contributed by atoms with van der Waals surface area (Å²) in [6.07, 6.45) is 2.91. The van der Waals surface area contributed by atoms with Crippen molar-refractivity contribution in [2.45, 2.75) is 151 Å². The fourth-order valence-electron chi connectivity index (χ4n) is 6.33. The standard InChI is InChI=1S/C20H31N3O3.C17H27F3N2O3.2C2H6/c1-14(24)26-13-17-7-9-18(10-8-17)23-20(25)19(22-2)11-15-3-5-16(12-21)6-4-15;1-11(2)13(10-23)21-14(17(18,19)20)7-5-4-6-8-22-15(24)9-12(3)16(22)25;2*1-2/h7-10,15-16,19,22H,3-6,11-13,21H2,1-2H3,(H,23,25);10-14,21H,4-9H2,1-3H3;2*1-2H3. The molecular weight excluding hydrogens is 715 g/mol. The minimum atomic E-state index is -4.42. The van der Waals surface area contributed by atoms with E-state index >= 15 is 0 Å². The number of alkyl halides is 3. The summed E-state index contributed by atoms with van der Waals surface area (Å²) >= 11 is 0. The number of halogens is 3. The van der Waals surface area contributed by atoms with Crippen LogP contribution in [0.3, 0.4) is 0 Å². The van der Waals surface area contributed by atoms with Gasteiger partial charge in [0.1, 0.15) is 18.9 Å². The molecule has 1 aromatic carbocycles. The van der Waals surface area contributed by atoms with Gasteiger partial charge in [0.25, 0.3) is 0 Å². The van der Waals surface area contributed by atoms with Crippen LogP contribution in [0, 0.1) is 23.7 Å². The first-order valence-corrected chi connectivity index (χ1v) is 20.1. The number of hydrogen-bond acceptors (Lipinski definition) is 9. The molecule has 316 valence electrons. The Kier molecular flexibility index (Phi) is 26.4. The first-order chi connectivity index (χ1) is 26.1. The second kappa shape index (κ2) is 28.1. The Labute approximate surface area is 327 Å². The average Bonchev–Trinajstić information content (AvgIpc) is 3.41. The van der Waals surface area contributed by atoms with Crippen LogP contribution in [-0.2, 0) is 35.3 Å². The lowest BCUT2D eigenvalue weighted by molar-refractivity contribution is -0.160. The van der Waals surface area contributed by atoms with E-state index < -0.39 is 18.3 Å². The SMILES string of the molecule is CC.CC.CC1CC(=O)N(CCCCCC(NC(C=O)C(C)C)C(F)(F)F)C1=O.CNC(CC1CCC(CN)CC1)C(=O)Nc1ccc(COC(C)=O)cc1. The molecular formula is C41H70F3N5O6. The Morgan fingerprint density at radius 1 is 0.982 bits per heavy atom. The number of unbranched alkanes of at least 4 members (excludes halogenated alkanes) is 2. The van der Waals surface area contributed by atoms with Crippen molar-refractivity contribution in [3.05, 3.63) is 29.8 Å². The third-order valence-electron chi connectivity index (χ3n) is 9.69. The van der Waals surface area contributed by atoms with E-state index in [1.807, 2.05) is 59.0 Å². The number of nitrogens with one attached hydrogen (secondary N) is 3. The van der Waals surface area contributed by atoms with Crippen LogP contribution < -0.4 is 21.7 Å². The van der Waals surface area contributed by atoms with Crippen molar-refractivity contribution < 1.29 is 41.9 Å². The predicted octanol–water partition coefficient (Wildman–Crippen LogP) is 7.17. The normalized spacial score (nSPS) is 19.7. The number of esters is 1. The van der Waals surface area contributed by atoms with Crippen molar-refractivity contribution in [2.24, 2.45) is 29.4 Å². The third kappa shape index (κ3) is 19.9. The molecule has 1 aliphatic heterocycles. The zero-order valence-electron chi connectivity index (χ0n) is 34.7. The number of likely N-dealkylation sites (tertiary alicyclic amines) is 1. The van der Waals surface area contributed by atoms with E-state index in [0.717, 1.165) is 37.1 Å². The van der Waals surface area contributed by atoms with E-state index in [1.165, 1.54) is 24.7 Å². The minimum Gasteiger partial charge on any atom is -0.461 e. The number of rotatable bonds is 18. The summed E-state index contributed by atoms with van der Waals surface area (Å²) in [4.78, 5) is 58.9. The molecule has 0 spiro atoms. The van der Waals surface area contributed by atoms with Gasteiger partial charge in [-0.2, -0.15) is 13.2 Å². The number of imide groups is 1. The third-order valence-corrected chi connectivity index (χ3v) is 9.69. The van der Waals surface area contributed by atoms with E-state index in [-0.39, 0.29) is 67.6 Å². The number of carbonyl (C=O) groups excluding carboxylic acids is 5. The zero-order chi connectivity index (χ0) is 42.1. The van der Waals surface area contributed by atoms with E-state index in [2.05, 4.69) is 16.0 Å². The van der Waals surface area contributed by atoms with Crippen molar-refractivity contribution >= 4 is 35.7 Å². The number of likely N-dealkylation sites (N-methyl/N-ethyl adjacent to an activating group) is 1. The summed E-state index contributed by atoms with van der Waals surface area (Å²) in [5, 5.41) is 8.49. The summed E-state index contributed by atoms with van der Waals surface area (Å²) in [5.74, 6) is -0.0329. The predicted molar refractivity (Wildman–Crippen MR) is 212 cm³/mol. The molecule has 11 nitrogen and oxygen atoms in total. The summed E-state index contributed by atoms with van der Waals surface area (Å²) in [7, 11) is 1.83. The Bertz CT molecular complexity index is 1260. The monoisotopic (exact) mass is 786 g/mol. The van der Waals surface area contributed by atoms with Crippen LogP contribution in [0.25, 0.3) is 0 Å². The van der Waals surface area contributed by atoms with E-state index in [4.69, 9.17) is 10.5 Å². The van der Waals surface area contributed by atoms with Gasteiger partial charge in [-0.15, -0.1) is 0 Å². The van der Waals surface area contributed by atoms with Crippen LogP contribution in [-0.4, -0.2) is 79.3 Å². The van der Waals surface area contributed by atoms with Crippen LogP contribution >= 0.6 is 0 Å². The smallest absolute Gasteiger partial charge is 0.403 e. The van der Waals surface area contributed by atoms with Crippen molar-refractivity contribution in [3.8, 4) is 0 Å². The first kappa shape index (κ1) is 51.6. The van der Waals surface area contributed by atoms with Crippen molar-refractivity contribution in [1.29, 1.82) is 0 Å². The molecule has 0 aromatic heterocycles. The molecule has 4 unspecified atom stereocenters. The Balaban J connectivity index is 0.000000973. The van der Waals surface area contributed by atoms with Crippen LogP contribution in [0.4, 0.5) is 18.9 Å². The van der Waals surface area contributed by atoms with E-state index in [0.29, 0.717) is 37.4 Å². The topological polar surface area (TPSA) is 160 Å². The fourth-order valence-corrected chi connectivity index (χ4v) is 6.33. The summed E-state index contributed by atoms with van der Waals surface area (Å²) in [6.45, 7) is 15.7. The number of ether oxygens (including phenoxy) is 1. The van der Waals surface area contributed by atoms with Gasteiger partial charge < -0.3 is 25.9 Å². The van der Waals surface area contributed by atoms with Crippen LogP contribution in [0.2, 0.25) is 0 Å². The minimum absolute atomic E-state index is 0.0128. The van der Waals surface area contributed by atoms with Crippen LogP contribution in [0.15, 0.2) is 24.3 Å². The Morgan fingerprint density at radius 2 is 1.56 bits per heavy atom. The summed E-state index contributed by atoms with van der Waals surface area (Å²) in [5.41, 5.74) is 7.39. The number of nitrogens with two attached hydrogens (primary N) is 1. The maximum absolute atomic E-state index is 13.1. The van der Waals surface area contributed by atoms with Crippen molar-refractivity contribution in [1.82, 2.24) is 15.5 Å². The largest absolute Gasteiger partial charge is 0.461 e. The van der Waals surface area contributed by atoms with Gasteiger partial charge in [-0.25, -0.2) is 0 Å². The zero-order valence-corrected chi connectivity index (χ0v) is 34.7. The molecule has 5 N–H and O–H groups in total. The molecule has 0 radical (unpaired) electrons. The van der Waals surface area contributed by atoms with Gasteiger partial charge in [0.15, 0.2) is 0 Å². The number of nitrogens with zero attached hydrogens (tertiary/aromatic N) is 1. The maximum atomic E-state index is 13.1. The number of benzene rings is 1. The van der Waals surface area contributed by atoms with E-state index in [9.17, 15) is 37.1 Å². The summed E-state index contributed by atoms with van der Waals surface area (Å²) < 4.78 is 44.3. The molecule has 1 saturated heterocycles. The van der Waals surface area contributed by atoms with Gasteiger partial charge in [0, 0.05) is 31.5 Å². The molecule has 3 amide bonds. The molecule has 1 aromatic rings. The molecule has 1 aliphatic carbocycles. The van der Waals surface area contributed by atoms with Crippen molar-refractivity contribution in [2.75, 3.05) is 25.5 Å². The second-order valence-corrected chi connectivity index (χ2v) is 14.2. The summed E-state index contributed by atoms with van der Waals surface area (Å²) in [6, 6.07) is 4.58. The number of anilines is 1. The van der Waals surface area contributed by atoms with Crippen LogP contribution in [0.5, 0.6) is 0 Å². The fraction of sp³-hybridized carbons (Fsp3) is 0.732. The molecule has 3 rings (SSSR count). The highest BCUT2D eigenvalue weighted by molar-refractivity contribution is 6.03. The van der Waals surface area contributed by atoms with Crippen molar-refractivity contribution in [3.63, 3.8) is 0 Å². The lowest BCUT2D eigenvalue weighted by Gasteiger charge is -2.30. The van der Waals surface area contributed by atoms with Gasteiger partial charge in [-0.05, 0) is 81.1 Å². The number of aldehydes is 1. The van der Waals surface area contributed by atoms with Crippen LogP contribution in [0.1, 0.15) is 125 Å². The molecule has 2 aliphatic rings. The lowest BCUT2D eigenvalue weighted by Crippen LogP contribution is -2.49. The van der Waals surface area contributed by atoms with Gasteiger partial charge in [0.05, 0.1) is 12.1 Å². The molecule has 0 bridgehead atoms. The van der Waals surface area contributed by atoms with E-state index in [1.54, 1.807) is 20.8 Å². The molecule has 4 atom stereocenters. The quantitative estimate of drug-likeness (QED) is 0.0524. The first-order valence-electron chi connectivity index (χ1n) is 20.1. The Morgan fingerprint density at radius 3 is 2.02 bits per heavy atom. The average molecular weight is 786 g/mol. The molecule has 2 fully saturated rings. The Hall–Kier alpha value is -3.36. The number of hydrogen-bond donors (Lipinski definition) is 4. The lowest BCUT2D eigenvalue weighted by atomic mass is 9.79. The number of amides is 3.